The van der Waals surface area contributed by atoms with E-state index in [2.05, 4.69) is 30.7 Å². The molecule has 0 unspecified atom stereocenters. The molecule has 0 aliphatic heterocycles. The summed E-state index contributed by atoms with van der Waals surface area (Å²) in [4.78, 5) is 20.8. The van der Waals surface area contributed by atoms with E-state index in [0.29, 0.717) is 22.3 Å². The maximum Gasteiger partial charge on any atom is 0.252 e. The Balaban J connectivity index is 1.87. The first-order valence-electron chi connectivity index (χ1n) is 9.65. The van der Waals surface area contributed by atoms with Crippen LogP contribution in [0.25, 0.3) is 22.2 Å². The number of primary amides is 1. The van der Waals surface area contributed by atoms with Gasteiger partial charge in [0.1, 0.15) is 29.3 Å². The number of hydrogen-bond acceptors (Lipinski definition) is 5. The van der Waals surface area contributed by atoms with Crippen LogP contribution in [-0.2, 0) is 5.54 Å². The number of nitrogens with zero attached hydrogens (tertiary/aromatic N) is 3. The molecule has 8 heteroatoms. The normalized spacial score (nSPS) is 11.6. The van der Waals surface area contributed by atoms with Crippen molar-refractivity contribution in [1.29, 1.82) is 0 Å². The molecule has 4 aromatic rings. The van der Waals surface area contributed by atoms with Crippen molar-refractivity contribution in [3.8, 4) is 22.6 Å². The molecule has 0 spiro atoms. The lowest BCUT2D eigenvalue weighted by atomic mass is 10.0. The van der Waals surface area contributed by atoms with Crippen LogP contribution in [-0.4, -0.2) is 20.4 Å². The number of benzene rings is 2. The lowest BCUT2D eigenvalue weighted by Crippen LogP contribution is -2.21. The molecule has 2 heterocycles. The van der Waals surface area contributed by atoms with Crippen LogP contribution in [0.1, 0.15) is 31.1 Å². The van der Waals surface area contributed by atoms with Crippen LogP contribution in [0.3, 0.4) is 0 Å². The SMILES string of the molecule is CC(C)(C)n1cc(-c2ccc(Oc3cccc(Cl)c3)c(C(N)=O)c2)c2c(N)ncnc21. The second-order valence-corrected chi connectivity index (χ2v) is 8.61. The van der Waals surface area contributed by atoms with Crippen molar-refractivity contribution in [2.24, 2.45) is 5.73 Å². The number of halogens is 1. The molecule has 4 N–H and O–H groups in total. The van der Waals surface area contributed by atoms with Crippen molar-refractivity contribution in [2.45, 2.75) is 26.3 Å². The summed E-state index contributed by atoms with van der Waals surface area (Å²) in [7, 11) is 0. The molecule has 7 nitrogen and oxygen atoms in total. The first kappa shape index (κ1) is 20.7. The third-order valence-electron chi connectivity index (χ3n) is 4.91. The maximum absolute atomic E-state index is 12.2. The number of fused-ring (bicyclic) bond motifs is 1. The summed E-state index contributed by atoms with van der Waals surface area (Å²) in [5.74, 6) is 0.595. The van der Waals surface area contributed by atoms with Gasteiger partial charge in [0, 0.05) is 22.3 Å². The van der Waals surface area contributed by atoms with Gasteiger partial charge >= 0.3 is 0 Å². The van der Waals surface area contributed by atoms with Crippen LogP contribution in [0.15, 0.2) is 55.0 Å². The Labute approximate surface area is 184 Å². The van der Waals surface area contributed by atoms with Crippen molar-refractivity contribution in [3.63, 3.8) is 0 Å². The third-order valence-corrected chi connectivity index (χ3v) is 5.15. The number of rotatable bonds is 4. The summed E-state index contributed by atoms with van der Waals surface area (Å²) in [6.45, 7) is 6.22. The van der Waals surface area contributed by atoms with Crippen LogP contribution >= 0.6 is 11.6 Å². The Bertz CT molecular complexity index is 1310. The van der Waals surface area contributed by atoms with Gasteiger partial charge in [-0.25, -0.2) is 9.97 Å². The van der Waals surface area contributed by atoms with Crippen LogP contribution < -0.4 is 16.2 Å². The van der Waals surface area contributed by atoms with Crippen molar-refractivity contribution in [3.05, 3.63) is 65.6 Å². The molecule has 31 heavy (non-hydrogen) atoms. The number of anilines is 1. The lowest BCUT2D eigenvalue weighted by Gasteiger charge is -2.21. The Kier molecular flexibility index (Phi) is 5.07. The number of amides is 1. The van der Waals surface area contributed by atoms with E-state index in [4.69, 9.17) is 27.8 Å². The lowest BCUT2D eigenvalue weighted by molar-refractivity contribution is 0.0998. The zero-order valence-electron chi connectivity index (χ0n) is 17.4. The molecule has 158 valence electrons. The third kappa shape index (κ3) is 3.92. The van der Waals surface area contributed by atoms with Crippen LogP contribution in [0.5, 0.6) is 11.5 Å². The fraction of sp³-hybridized carbons (Fsp3) is 0.174. The predicted octanol–water partition coefficient (Wildman–Crippen LogP) is 4.98. The van der Waals surface area contributed by atoms with Crippen molar-refractivity contribution >= 4 is 34.4 Å². The molecular weight excluding hydrogens is 414 g/mol. The predicted molar refractivity (Wildman–Crippen MR) is 122 cm³/mol. The van der Waals surface area contributed by atoms with E-state index in [0.717, 1.165) is 22.2 Å². The molecule has 2 aromatic heterocycles. The van der Waals surface area contributed by atoms with E-state index in [1.807, 2.05) is 16.8 Å². The summed E-state index contributed by atoms with van der Waals surface area (Å²) < 4.78 is 7.91. The first-order chi connectivity index (χ1) is 14.6. The minimum absolute atomic E-state index is 0.237. The molecule has 0 saturated heterocycles. The summed E-state index contributed by atoms with van der Waals surface area (Å²) in [6, 6.07) is 12.2. The van der Waals surface area contributed by atoms with Gasteiger partial charge in [0.15, 0.2) is 0 Å². The fourth-order valence-corrected chi connectivity index (χ4v) is 3.63. The van der Waals surface area contributed by atoms with Gasteiger partial charge < -0.3 is 20.8 Å². The minimum Gasteiger partial charge on any atom is -0.456 e. The highest BCUT2D eigenvalue weighted by atomic mass is 35.5. The van der Waals surface area contributed by atoms with Gasteiger partial charge in [0.25, 0.3) is 5.91 Å². The van der Waals surface area contributed by atoms with E-state index in [1.54, 1.807) is 36.4 Å². The summed E-state index contributed by atoms with van der Waals surface area (Å²) in [5.41, 5.74) is 14.1. The summed E-state index contributed by atoms with van der Waals surface area (Å²) in [6.07, 6.45) is 3.41. The standard InChI is InChI=1S/C23H22ClN5O2/c1-23(2,3)29-11-17(19-20(25)27-12-28-22(19)29)13-7-8-18(16(9-13)21(26)30)31-15-6-4-5-14(24)10-15/h4-12H,1-3H3,(H2,26,30)(H2,25,27,28). The number of ether oxygens (including phenoxy) is 1. The van der Waals surface area contributed by atoms with Crippen molar-refractivity contribution in [2.75, 3.05) is 5.73 Å². The highest BCUT2D eigenvalue weighted by Gasteiger charge is 2.23. The van der Waals surface area contributed by atoms with Gasteiger partial charge in [0.2, 0.25) is 0 Å². The molecule has 2 aromatic carbocycles. The quantitative estimate of drug-likeness (QED) is 0.469. The van der Waals surface area contributed by atoms with Crippen LogP contribution in [0.4, 0.5) is 5.82 Å². The van der Waals surface area contributed by atoms with Crippen LogP contribution in [0, 0.1) is 0 Å². The average Bonchev–Trinajstić information content (AvgIpc) is 3.10. The van der Waals surface area contributed by atoms with Crippen molar-refractivity contribution < 1.29 is 9.53 Å². The first-order valence-corrected chi connectivity index (χ1v) is 10.0. The highest BCUT2D eigenvalue weighted by molar-refractivity contribution is 6.30. The smallest absolute Gasteiger partial charge is 0.252 e. The fourth-order valence-electron chi connectivity index (χ4n) is 3.45. The Morgan fingerprint density at radius 2 is 1.90 bits per heavy atom. The van der Waals surface area contributed by atoms with Gasteiger partial charge in [-0.15, -0.1) is 0 Å². The highest BCUT2D eigenvalue weighted by Crippen LogP contribution is 2.38. The Hall–Kier alpha value is -3.58. The van der Waals surface area contributed by atoms with E-state index in [-0.39, 0.29) is 11.1 Å². The number of carbonyl (C=O) groups is 1. The summed E-state index contributed by atoms with van der Waals surface area (Å²) >= 11 is 6.03. The number of nitrogens with two attached hydrogens (primary N) is 2. The molecule has 1 amide bonds. The Morgan fingerprint density at radius 1 is 1.13 bits per heavy atom. The van der Waals surface area contributed by atoms with Gasteiger partial charge in [-0.05, 0) is 56.7 Å². The largest absolute Gasteiger partial charge is 0.456 e. The van der Waals surface area contributed by atoms with E-state index >= 15 is 0 Å². The van der Waals surface area contributed by atoms with Gasteiger partial charge in [-0.1, -0.05) is 23.7 Å². The monoisotopic (exact) mass is 435 g/mol. The molecule has 4 rings (SSSR count). The molecule has 0 bridgehead atoms. The topological polar surface area (TPSA) is 109 Å². The zero-order chi connectivity index (χ0) is 22.3. The van der Waals surface area contributed by atoms with E-state index in [1.165, 1.54) is 6.33 Å². The number of aromatic nitrogens is 3. The second-order valence-electron chi connectivity index (χ2n) is 8.18. The number of hydrogen-bond donors (Lipinski definition) is 2. The molecule has 0 aliphatic carbocycles. The minimum atomic E-state index is -0.609. The van der Waals surface area contributed by atoms with Gasteiger partial charge in [-0.3, -0.25) is 4.79 Å². The number of nitrogen functional groups attached to an aromatic ring is 1. The van der Waals surface area contributed by atoms with Crippen molar-refractivity contribution in [1.82, 2.24) is 14.5 Å². The Morgan fingerprint density at radius 3 is 2.58 bits per heavy atom. The molecule has 0 radical (unpaired) electrons. The summed E-state index contributed by atoms with van der Waals surface area (Å²) in [5, 5.41) is 1.25. The van der Waals surface area contributed by atoms with Crippen LogP contribution in [0.2, 0.25) is 5.02 Å². The average molecular weight is 436 g/mol. The van der Waals surface area contributed by atoms with E-state index < -0.39 is 5.91 Å². The van der Waals surface area contributed by atoms with E-state index in [9.17, 15) is 4.79 Å². The second kappa shape index (κ2) is 7.59. The number of carbonyl (C=O) groups excluding carboxylic acids is 1. The molecule has 0 aliphatic rings. The van der Waals surface area contributed by atoms with Gasteiger partial charge in [-0.2, -0.15) is 0 Å². The molecular formula is C23H22ClN5O2. The molecule has 0 saturated carbocycles. The molecule has 0 fully saturated rings. The zero-order valence-corrected chi connectivity index (χ0v) is 18.1. The van der Waals surface area contributed by atoms with Gasteiger partial charge in [0.05, 0.1) is 10.9 Å². The molecule has 0 atom stereocenters. The maximum atomic E-state index is 12.2.